The first-order valence-electron chi connectivity index (χ1n) is 7.45. The van der Waals surface area contributed by atoms with Crippen LogP contribution in [0, 0.1) is 5.41 Å². The Hall–Kier alpha value is -1.26. The molecule has 1 heterocycles. The standard InChI is InChI=1S/C17H25ClN2O2/c1-15(2,3)17(7)21-14(20(22-17)16(4,5)6)19-13-10-8-12(18)9-11-13/h8-11H,1-7H3. The van der Waals surface area contributed by atoms with E-state index in [0.717, 1.165) is 5.69 Å². The Morgan fingerprint density at radius 2 is 1.59 bits per heavy atom. The molecule has 2 rings (SSSR count). The molecule has 1 aromatic rings. The number of hydroxylamine groups is 2. The van der Waals surface area contributed by atoms with Gasteiger partial charge in [-0.25, -0.2) is 4.84 Å². The van der Waals surface area contributed by atoms with Crippen molar-refractivity contribution >= 4 is 23.3 Å². The molecule has 1 atom stereocenters. The highest BCUT2D eigenvalue weighted by Crippen LogP contribution is 2.42. The number of amidine groups is 1. The summed E-state index contributed by atoms with van der Waals surface area (Å²) in [5.74, 6) is -0.772. The number of hydrogen-bond acceptors (Lipinski definition) is 3. The normalized spacial score (nSPS) is 24.7. The van der Waals surface area contributed by atoms with Gasteiger partial charge >= 0.3 is 6.02 Å². The highest BCUT2D eigenvalue weighted by Gasteiger charge is 2.53. The molecule has 0 saturated carbocycles. The van der Waals surface area contributed by atoms with Crippen LogP contribution in [-0.2, 0) is 9.57 Å². The molecule has 1 fully saturated rings. The van der Waals surface area contributed by atoms with E-state index in [1.54, 1.807) is 17.2 Å². The zero-order valence-electron chi connectivity index (χ0n) is 14.4. The maximum atomic E-state index is 6.14. The van der Waals surface area contributed by atoms with Gasteiger partial charge in [0.1, 0.15) is 0 Å². The largest absolute Gasteiger partial charge is 0.428 e. The second-order valence-electron chi connectivity index (χ2n) is 7.73. The van der Waals surface area contributed by atoms with Gasteiger partial charge in [-0.3, -0.25) is 0 Å². The first-order valence-corrected chi connectivity index (χ1v) is 7.83. The topological polar surface area (TPSA) is 34.1 Å². The quantitative estimate of drug-likeness (QED) is 0.716. The summed E-state index contributed by atoms with van der Waals surface area (Å²) in [6.07, 6.45) is 0. The van der Waals surface area contributed by atoms with Crippen molar-refractivity contribution < 1.29 is 9.57 Å². The summed E-state index contributed by atoms with van der Waals surface area (Å²) in [5, 5.41) is 2.42. The first kappa shape index (κ1) is 17.1. The minimum atomic E-state index is -0.772. The molecule has 1 aliphatic rings. The Bertz CT molecular complexity index is 570. The summed E-state index contributed by atoms with van der Waals surface area (Å²) in [5.41, 5.74) is 0.303. The van der Waals surface area contributed by atoms with E-state index in [1.165, 1.54) is 0 Å². The molecule has 22 heavy (non-hydrogen) atoms. The van der Waals surface area contributed by atoms with Gasteiger partial charge < -0.3 is 4.74 Å². The van der Waals surface area contributed by atoms with Crippen molar-refractivity contribution in [1.29, 1.82) is 0 Å². The molecule has 0 amide bonds. The monoisotopic (exact) mass is 324 g/mol. The van der Waals surface area contributed by atoms with Gasteiger partial charge in [-0.2, -0.15) is 10.1 Å². The zero-order chi connectivity index (χ0) is 16.8. The number of ether oxygens (including phenoxy) is 1. The summed E-state index contributed by atoms with van der Waals surface area (Å²) in [6.45, 7) is 14.4. The lowest BCUT2D eigenvalue weighted by Crippen LogP contribution is -2.45. The molecule has 0 N–H and O–H groups in total. The van der Waals surface area contributed by atoms with Gasteiger partial charge in [0.15, 0.2) is 0 Å². The smallest absolute Gasteiger partial charge is 0.320 e. The van der Waals surface area contributed by atoms with E-state index >= 15 is 0 Å². The summed E-state index contributed by atoms with van der Waals surface area (Å²) in [4.78, 5) is 10.7. The predicted molar refractivity (Wildman–Crippen MR) is 90.2 cm³/mol. The van der Waals surface area contributed by atoms with E-state index in [4.69, 9.17) is 21.2 Å². The number of rotatable bonds is 1. The van der Waals surface area contributed by atoms with Crippen LogP contribution in [0.5, 0.6) is 0 Å². The summed E-state index contributed by atoms with van der Waals surface area (Å²) in [6, 6.07) is 7.79. The van der Waals surface area contributed by atoms with E-state index in [9.17, 15) is 0 Å². The zero-order valence-corrected chi connectivity index (χ0v) is 15.2. The fourth-order valence-corrected chi connectivity index (χ4v) is 1.98. The van der Waals surface area contributed by atoms with Crippen LogP contribution in [0.2, 0.25) is 5.02 Å². The van der Waals surface area contributed by atoms with E-state index in [1.807, 2.05) is 19.1 Å². The van der Waals surface area contributed by atoms with Crippen LogP contribution >= 0.6 is 11.6 Å². The van der Waals surface area contributed by atoms with Crippen molar-refractivity contribution in [2.24, 2.45) is 10.4 Å². The molecule has 0 bridgehead atoms. The highest BCUT2D eigenvalue weighted by atomic mass is 35.5. The molecule has 0 aromatic heterocycles. The van der Waals surface area contributed by atoms with Gasteiger partial charge in [-0.05, 0) is 45.0 Å². The van der Waals surface area contributed by atoms with Gasteiger partial charge in [-0.15, -0.1) is 0 Å². The van der Waals surface area contributed by atoms with Crippen molar-refractivity contribution in [3.8, 4) is 0 Å². The van der Waals surface area contributed by atoms with Crippen LogP contribution in [0.1, 0.15) is 48.5 Å². The Kier molecular flexibility index (Phi) is 4.22. The van der Waals surface area contributed by atoms with Crippen molar-refractivity contribution in [2.45, 2.75) is 59.8 Å². The average Bonchev–Trinajstić information content (AvgIpc) is 2.70. The minimum absolute atomic E-state index is 0.201. The maximum absolute atomic E-state index is 6.14. The molecule has 0 radical (unpaired) electrons. The first-order chi connectivity index (χ1) is 9.92. The summed E-state index contributed by atoms with van der Waals surface area (Å²) >= 11 is 5.92. The predicted octanol–water partition coefficient (Wildman–Crippen LogP) is 5.15. The lowest BCUT2D eigenvalue weighted by atomic mass is 9.87. The Labute approximate surface area is 138 Å². The molecule has 1 aliphatic heterocycles. The maximum Gasteiger partial charge on any atom is 0.320 e. The van der Waals surface area contributed by atoms with Gasteiger partial charge in [0.25, 0.3) is 0 Å². The van der Waals surface area contributed by atoms with Gasteiger partial charge in [0.05, 0.1) is 11.2 Å². The van der Waals surface area contributed by atoms with Crippen molar-refractivity contribution in [2.75, 3.05) is 0 Å². The minimum Gasteiger partial charge on any atom is -0.428 e. The number of halogens is 1. The Morgan fingerprint density at radius 3 is 2.05 bits per heavy atom. The number of benzene rings is 1. The van der Waals surface area contributed by atoms with Gasteiger partial charge in [0, 0.05) is 17.4 Å². The fourth-order valence-electron chi connectivity index (χ4n) is 1.86. The van der Waals surface area contributed by atoms with Crippen LogP contribution in [0.3, 0.4) is 0 Å². The van der Waals surface area contributed by atoms with Gasteiger partial charge in [0.2, 0.25) is 5.79 Å². The van der Waals surface area contributed by atoms with Crippen molar-refractivity contribution in [3.05, 3.63) is 29.3 Å². The summed E-state index contributed by atoms with van der Waals surface area (Å²) < 4.78 is 6.11. The molecule has 1 unspecified atom stereocenters. The molecule has 122 valence electrons. The molecular formula is C17H25ClN2O2. The van der Waals surface area contributed by atoms with Gasteiger partial charge in [-0.1, -0.05) is 32.4 Å². The lowest BCUT2D eigenvalue weighted by Gasteiger charge is -2.36. The summed E-state index contributed by atoms with van der Waals surface area (Å²) in [7, 11) is 0. The molecule has 4 nitrogen and oxygen atoms in total. The average molecular weight is 325 g/mol. The van der Waals surface area contributed by atoms with Crippen LogP contribution in [-0.4, -0.2) is 22.4 Å². The molecule has 0 aliphatic carbocycles. The number of nitrogens with zero attached hydrogens (tertiary/aromatic N) is 2. The van der Waals surface area contributed by atoms with Crippen molar-refractivity contribution in [3.63, 3.8) is 0 Å². The second kappa shape index (κ2) is 5.43. The van der Waals surface area contributed by atoms with E-state index in [0.29, 0.717) is 11.0 Å². The Balaban J connectivity index is 2.41. The SMILES string of the molecule is CC(C)(C)N1OC(C)(C(C)(C)C)OC1=Nc1ccc(Cl)cc1. The third-order valence-electron chi connectivity index (χ3n) is 3.75. The Morgan fingerprint density at radius 1 is 1.05 bits per heavy atom. The molecule has 1 saturated heterocycles. The highest BCUT2D eigenvalue weighted by molar-refractivity contribution is 6.30. The third kappa shape index (κ3) is 3.39. The van der Waals surface area contributed by atoms with Crippen LogP contribution in [0.15, 0.2) is 29.3 Å². The second-order valence-corrected chi connectivity index (χ2v) is 8.16. The molecular weight excluding hydrogens is 300 g/mol. The lowest BCUT2D eigenvalue weighted by molar-refractivity contribution is -0.288. The number of hydrogen-bond donors (Lipinski definition) is 0. The van der Waals surface area contributed by atoms with E-state index in [-0.39, 0.29) is 11.0 Å². The number of aliphatic imine (C=N–C) groups is 1. The third-order valence-corrected chi connectivity index (χ3v) is 4.00. The van der Waals surface area contributed by atoms with Crippen LogP contribution in [0.25, 0.3) is 0 Å². The van der Waals surface area contributed by atoms with Crippen LogP contribution < -0.4 is 0 Å². The van der Waals surface area contributed by atoms with E-state index in [2.05, 4.69) is 46.5 Å². The molecule has 5 heteroatoms. The van der Waals surface area contributed by atoms with Crippen molar-refractivity contribution in [1.82, 2.24) is 5.06 Å². The fraction of sp³-hybridized carbons (Fsp3) is 0.588. The molecule has 1 aromatic carbocycles. The molecule has 0 spiro atoms. The van der Waals surface area contributed by atoms with E-state index < -0.39 is 5.79 Å². The van der Waals surface area contributed by atoms with Crippen LogP contribution in [0.4, 0.5) is 5.69 Å².